The number of nitrogens with one attached hydrogen (secondary N) is 1. The fourth-order valence-electron chi connectivity index (χ4n) is 1.18. The zero-order chi connectivity index (χ0) is 13.0. The van der Waals surface area contributed by atoms with Gasteiger partial charge in [0.1, 0.15) is 13.1 Å². The predicted molar refractivity (Wildman–Crippen MR) is 61.8 cm³/mol. The van der Waals surface area contributed by atoms with Gasteiger partial charge < -0.3 is 10.4 Å². The van der Waals surface area contributed by atoms with Crippen LogP contribution in [0, 0.1) is 0 Å². The minimum atomic E-state index is -1.10. The van der Waals surface area contributed by atoms with Gasteiger partial charge in [-0.2, -0.15) is 16.1 Å². The molecule has 0 spiro atoms. The molecule has 0 saturated carbocycles. The molecule has 2 aromatic heterocycles. The predicted octanol–water partition coefficient (Wildman–Crippen LogP) is -0.398. The molecule has 2 aromatic rings. The van der Waals surface area contributed by atoms with E-state index in [0.717, 1.165) is 10.4 Å². The Balaban J connectivity index is 1.95. The average Bonchev–Trinajstić information content (AvgIpc) is 2.95. The van der Waals surface area contributed by atoms with Gasteiger partial charge in [0, 0.05) is 10.9 Å². The normalized spacial score (nSPS) is 10.2. The van der Waals surface area contributed by atoms with E-state index < -0.39 is 18.4 Å². The number of rotatable bonds is 5. The SMILES string of the molecule is O=C(O)CNC(=O)Cn1nnc(-c2ccsc2)n1. The van der Waals surface area contributed by atoms with Crippen molar-refractivity contribution in [1.29, 1.82) is 0 Å². The second-order valence-corrected chi connectivity index (χ2v) is 4.11. The number of carboxylic acids is 1. The molecule has 0 bridgehead atoms. The number of nitrogens with zero attached hydrogens (tertiary/aromatic N) is 4. The lowest BCUT2D eigenvalue weighted by atomic mass is 10.3. The number of hydrogen-bond donors (Lipinski definition) is 2. The van der Waals surface area contributed by atoms with Crippen LogP contribution in [0.15, 0.2) is 16.8 Å². The van der Waals surface area contributed by atoms with E-state index in [-0.39, 0.29) is 6.54 Å². The zero-order valence-electron chi connectivity index (χ0n) is 9.11. The van der Waals surface area contributed by atoms with E-state index in [1.807, 2.05) is 16.8 Å². The molecule has 1 amide bonds. The van der Waals surface area contributed by atoms with Gasteiger partial charge in [0.25, 0.3) is 0 Å². The van der Waals surface area contributed by atoms with Crippen molar-refractivity contribution in [2.24, 2.45) is 0 Å². The van der Waals surface area contributed by atoms with Crippen LogP contribution < -0.4 is 5.32 Å². The molecule has 94 valence electrons. The van der Waals surface area contributed by atoms with Crippen LogP contribution in [0.3, 0.4) is 0 Å². The minimum absolute atomic E-state index is 0.162. The summed E-state index contributed by atoms with van der Waals surface area (Å²) in [4.78, 5) is 22.7. The fraction of sp³-hybridized carbons (Fsp3) is 0.222. The van der Waals surface area contributed by atoms with Crippen molar-refractivity contribution >= 4 is 23.2 Å². The topological polar surface area (TPSA) is 110 Å². The van der Waals surface area contributed by atoms with Crippen molar-refractivity contribution in [2.45, 2.75) is 6.54 Å². The summed E-state index contributed by atoms with van der Waals surface area (Å²) in [6, 6.07) is 1.84. The molecule has 9 heteroatoms. The van der Waals surface area contributed by atoms with E-state index in [4.69, 9.17) is 5.11 Å². The van der Waals surface area contributed by atoms with E-state index in [0.29, 0.717) is 5.82 Å². The zero-order valence-corrected chi connectivity index (χ0v) is 9.92. The molecule has 18 heavy (non-hydrogen) atoms. The number of carboxylic acid groups (broad SMARTS) is 1. The van der Waals surface area contributed by atoms with Crippen LogP contribution in [-0.2, 0) is 16.1 Å². The van der Waals surface area contributed by atoms with Crippen molar-refractivity contribution < 1.29 is 14.7 Å². The van der Waals surface area contributed by atoms with Crippen molar-refractivity contribution in [3.8, 4) is 11.4 Å². The first-order chi connectivity index (χ1) is 8.65. The summed E-state index contributed by atoms with van der Waals surface area (Å²) < 4.78 is 0. The van der Waals surface area contributed by atoms with Gasteiger partial charge in [-0.3, -0.25) is 9.59 Å². The molecular formula is C9H9N5O3S. The van der Waals surface area contributed by atoms with Crippen LogP contribution in [-0.4, -0.2) is 43.7 Å². The van der Waals surface area contributed by atoms with Crippen LogP contribution in [0.1, 0.15) is 0 Å². The smallest absolute Gasteiger partial charge is 0.322 e. The first-order valence-corrected chi connectivity index (χ1v) is 5.88. The average molecular weight is 267 g/mol. The molecule has 2 heterocycles. The number of aromatic nitrogens is 4. The summed E-state index contributed by atoms with van der Waals surface area (Å²) in [7, 11) is 0. The molecular weight excluding hydrogens is 258 g/mol. The summed E-state index contributed by atoms with van der Waals surface area (Å²) in [5.41, 5.74) is 0.831. The number of tetrazole rings is 1. The Kier molecular flexibility index (Phi) is 3.63. The summed E-state index contributed by atoms with van der Waals surface area (Å²) in [5, 5.41) is 25.9. The summed E-state index contributed by atoms with van der Waals surface area (Å²) >= 11 is 1.51. The third-order valence-corrected chi connectivity index (χ3v) is 2.64. The van der Waals surface area contributed by atoms with Crippen LogP contribution >= 0.6 is 11.3 Å². The molecule has 0 aromatic carbocycles. The highest BCUT2D eigenvalue weighted by Crippen LogP contribution is 2.16. The Morgan fingerprint density at radius 3 is 3.00 bits per heavy atom. The Labute approximate surface area is 105 Å². The Morgan fingerprint density at radius 2 is 2.33 bits per heavy atom. The highest BCUT2D eigenvalue weighted by Gasteiger charge is 2.09. The maximum absolute atomic E-state index is 11.3. The van der Waals surface area contributed by atoms with Crippen molar-refractivity contribution in [3.05, 3.63) is 16.8 Å². The maximum atomic E-state index is 11.3. The molecule has 0 unspecified atom stereocenters. The summed E-state index contributed by atoms with van der Waals surface area (Å²) in [6.45, 7) is -0.588. The first-order valence-electron chi connectivity index (χ1n) is 4.94. The fourth-order valence-corrected chi connectivity index (χ4v) is 1.81. The van der Waals surface area contributed by atoms with Crippen molar-refractivity contribution in [3.63, 3.8) is 0 Å². The van der Waals surface area contributed by atoms with Gasteiger partial charge in [0.05, 0.1) is 0 Å². The molecule has 0 aliphatic heterocycles. The second kappa shape index (κ2) is 5.36. The molecule has 0 fully saturated rings. The molecule has 2 rings (SSSR count). The van der Waals surface area contributed by atoms with Gasteiger partial charge in [0.2, 0.25) is 11.7 Å². The Bertz CT molecular complexity index is 550. The van der Waals surface area contributed by atoms with Crippen LogP contribution in [0.5, 0.6) is 0 Å². The van der Waals surface area contributed by atoms with Crippen LogP contribution in [0.4, 0.5) is 0 Å². The molecule has 0 radical (unpaired) electrons. The number of aliphatic carboxylic acids is 1. The minimum Gasteiger partial charge on any atom is -0.480 e. The molecule has 0 atom stereocenters. The molecule has 0 aliphatic carbocycles. The molecule has 0 saturated heterocycles. The molecule has 8 nitrogen and oxygen atoms in total. The third-order valence-electron chi connectivity index (χ3n) is 1.95. The lowest BCUT2D eigenvalue weighted by molar-refractivity contribution is -0.138. The highest BCUT2D eigenvalue weighted by molar-refractivity contribution is 7.08. The maximum Gasteiger partial charge on any atom is 0.322 e. The van der Waals surface area contributed by atoms with Gasteiger partial charge in [-0.1, -0.05) is 0 Å². The summed E-state index contributed by atoms with van der Waals surface area (Å²) in [5.74, 6) is -1.15. The largest absolute Gasteiger partial charge is 0.480 e. The number of carbonyl (C=O) groups excluding carboxylic acids is 1. The number of carbonyl (C=O) groups is 2. The van der Waals surface area contributed by atoms with Crippen LogP contribution in [0.2, 0.25) is 0 Å². The summed E-state index contributed by atoms with van der Waals surface area (Å²) in [6.07, 6.45) is 0. The van der Waals surface area contributed by atoms with Gasteiger partial charge in [-0.25, -0.2) is 0 Å². The first kappa shape index (κ1) is 12.2. The number of hydrogen-bond acceptors (Lipinski definition) is 6. The van der Waals surface area contributed by atoms with Gasteiger partial charge >= 0.3 is 5.97 Å². The molecule has 0 aliphatic rings. The Hall–Kier alpha value is -2.29. The number of amides is 1. The van der Waals surface area contributed by atoms with Gasteiger partial charge in [-0.15, -0.1) is 10.2 Å². The lowest BCUT2D eigenvalue weighted by Crippen LogP contribution is -2.32. The van der Waals surface area contributed by atoms with E-state index in [9.17, 15) is 9.59 Å². The number of thiophene rings is 1. The van der Waals surface area contributed by atoms with Crippen LogP contribution in [0.25, 0.3) is 11.4 Å². The second-order valence-electron chi connectivity index (χ2n) is 3.33. The van der Waals surface area contributed by atoms with Gasteiger partial charge in [0.15, 0.2) is 0 Å². The molecule has 2 N–H and O–H groups in total. The quantitative estimate of drug-likeness (QED) is 0.763. The Morgan fingerprint density at radius 1 is 1.50 bits per heavy atom. The van der Waals surface area contributed by atoms with Crippen molar-refractivity contribution in [2.75, 3.05) is 6.54 Å². The van der Waals surface area contributed by atoms with E-state index in [1.54, 1.807) is 0 Å². The third kappa shape index (κ3) is 3.10. The monoisotopic (exact) mass is 267 g/mol. The van der Waals surface area contributed by atoms with Crippen molar-refractivity contribution in [1.82, 2.24) is 25.5 Å². The van der Waals surface area contributed by atoms with E-state index in [1.165, 1.54) is 11.3 Å². The van der Waals surface area contributed by atoms with E-state index >= 15 is 0 Å². The lowest BCUT2D eigenvalue weighted by Gasteiger charge is -1.99. The van der Waals surface area contributed by atoms with E-state index in [2.05, 4.69) is 20.7 Å². The standard InChI is InChI=1S/C9H9N5O3S/c15-7(10-3-8(16)17)4-14-12-9(11-13-14)6-1-2-18-5-6/h1-2,5H,3-4H2,(H,10,15)(H,16,17). The highest BCUT2D eigenvalue weighted by atomic mass is 32.1. The van der Waals surface area contributed by atoms with Gasteiger partial charge in [-0.05, 0) is 16.7 Å².